The van der Waals surface area contributed by atoms with E-state index in [0.29, 0.717) is 0 Å². The Morgan fingerprint density at radius 3 is 2.44 bits per heavy atom. The lowest BCUT2D eigenvalue weighted by molar-refractivity contribution is 0.121. The molecule has 0 saturated carbocycles. The molecule has 0 aliphatic carbocycles. The van der Waals surface area contributed by atoms with Crippen LogP contribution in [0.1, 0.15) is 6.92 Å². The van der Waals surface area contributed by atoms with Gasteiger partial charge in [-0.05, 0) is 13.0 Å². The van der Waals surface area contributed by atoms with E-state index in [-0.39, 0.29) is 5.03 Å². The van der Waals surface area contributed by atoms with Gasteiger partial charge in [-0.2, -0.15) is 9.82 Å². The van der Waals surface area contributed by atoms with Crippen LogP contribution in [0.15, 0.2) is 17.3 Å². The third-order valence-electron chi connectivity index (χ3n) is 2.13. The van der Waals surface area contributed by atoms with Crippen LogP contribution in [-0.2, 0) is 17.1 Å². The second-order valence-corrected chi connectivity index (χ2v) is 5.40. The molecule has 0 aromatic carbocycles. The minimum absolute atomic E-state index is 0.0272. The van der Waals surface area contributed by atoms with Crippen molar-refractivity contribution >= 4 is 10.0 Å². The summed E-state index contributed by atoms with van der Waals surface area (Å²) < 4.78 is 27.1. The van der Waals surface area contributed by atoms with Crippen LogP contribution in [0.3, 0.4) is 0 Å². The van der Waals surface area contributed by atoms with Gasteiger partial charge in [0.25, 0.3) is 10.0 Å². The molecule has 0 spiro atoms. The lowest BCUT2D eigenvalue weighted by Gasteiger charge is -2.25. The summed E-state index contributed by atoms with van der Waals surface area (Å²) >= 11 is 0. The molecule has 0 aliphatic rings. The lowest BCUT2D eigenvalue weighted by atomic mass is 10.1. The number of nitrogens with zero attached hydrogens (tertiary/aromatic N) is 2. The smallest absolute Gasteiger partial charge is 0.258 e. The maximum absolute atomic E-state index is 11.9. The summed E-state index contributed by atoms with van der Waals surface area (Å²) in [7, 11) is -2.31. The molecule has 1 aromatic rings. The second kappa shape index (κ2) is 4.50. The predicted molar refractivity (Wildman–Crippen MR) is 56.1 cm³/mol. The van der Waals surface area contributed by atoms with Crippen LogP contribution >= 0.6 is 0 Å². The van der Waals surface area contributed by atoms with Gasteiger partial charge in [0.1, 0.15) is 0 Å². The minimum atomic E-state index is -3.80. The third-order valence-corrected chi connectivity index (χ3v) is 3.84. The number of aliphatic hydroxyl groups is 2. The van der Waals surface area contributed by atoms with Crippen molar-refractivity contribution in [3.8, 4) is 0 Å². The van der Waals surface area contributed by atoms with Gasteiger partial charge in [-0.25, -0.2) is 8.42 Å². The van der Waals surface area contributed by atoms with Gasteiger partial charge in [-0.15, -0.1) is 0 Å². The van der Waals surface area contributed by atoms with E-state index in [9.17, 15) is 8.42 Å². The maximum Gasteiger partial charge on any atom is 0.258 e. The van der Waals surface area contributed by atoms with E-state index in [4.69, 9.17) is 10.2 Å². The molecule has 16 heavy (non-hydrogen) atoms. The summed E-state index contributed by atoms with van der Waals surface area (Å²) in [4.78, 5) is 0. The fourth-order valence-electron chi connectivity index (χ4n) is 1.12. The topological polar surface area (TPSA) is 104 Å². The van der Waals surface area contributed by atoms with Crippen LogP contribution < -0.4 is 4.72 Å². The highest BCUT2D eigenvalue weighted by Gasteiger charge is 2.30. The monoisotopic (exact) mass is 249 g/mol. The van der Waals surface area contributed by atoms with Crippen molar-refractivity contribution in [2.75, 3.05) is 13.2 Å². The number of nitrogens with one attached hydrogen (secondary N) is 1. The van der Waals surface area contributed by atoms with Crippen molar-refractivity contribution in [2.24, 2.45) is 7.05 Å². The third kappa shape index (κ3) is 2.59. The minimum Gasteiger partial charge on any atom is -0.394 e. The van der Waals surface area contributed by atoms with Gasteiger partial charge < -0.3 is 10.2 Å². The van der Waals surface area contributed by atoms with Crippen molar-refractivity contribution in [3.63, 3.8) is 0 Å². The molecule has 1 heterocycles. The van der Waals surface area contributed by atoms with E-state index in [0.717, 1.165) is 0 Å². The van der Waals surface area contributed by atoms with E-state index in [1.54, 1.807) is 0 Å². The highest BCUT2D eigenvalue weighted by Crippen LogP contribution is 2.11. The fraction of sp³-hybridized carbons (Fsp3) is 0.625. The van der Waals surface area contributed by atoms with Crippen LogP contribution in [-0.4, -0.2) is 47.2 Å². The first-order chi connectivity index (χ1) is 7.34. The largest absolute Gasteiger partial charge is 0.394 e. The number of aryl methyl sites for hydroxylation is 1. The summed E-state index contributed by atoms with van der Waals surface area (Å²) in [6.07, 6.45) is 1.35. The SMILES string of the molecule is Cn1nccc1S(=O)(=O)NC(C)(CO)CO. The Morgan fingerprint density at radius 2 is 2.06 bits per heavy atom. The van der Waals surface area contributed by atoms with Crippen molar-refractivity contribution in [2.45, 2.75) is 17.5 Å². The zero-order chi connectivity index (χ0) is 12.4. The number of aliphatic hydroxyl groups excluding tert-OH is 2. The molecule has 1 aromatic heterocycles. The highest BCUT2D eigenvalue weighted by atomic mass is 32.2. The Labute approximate surface area is 93.8 Å². The van der Waals surface area contributed by atoms with Crippen LogP contribution in [0, 0.1) is 0 Å². The average molecular weight is 249 g/mol. The lowest BCUT2D eigenvalue weighted by Crippen LogP contribution is -2.51. The number of hydrogen-bond acceptors (Lipinski definition) is 5. The standard InChI is InChI=1S/C8H15N3O4S/c1-8(5-12,6-13)10-16(14,15)7-3-4-9-11(7)2/h3-4,10,12-13H,5-6H2,1-2H3. The zero-order valence-electron chi connectivity index (χ0n) is 9.08. The van der Waals surface area contributed by atoms with Gasteiger partial charge in [0.05, 0.1) is 24.9 Å². The van der Waals surface area contributed by atoms with Crippen molar-refractivity contribution in [3.05, 3.63) is 12.3 Å². The van der Waals surface area contributed by atoms with E-state index in [2.05, 4.69) is 9.82 Å². The molecule has 7 nitrogen and oxygen atoms in total. The average Bonchev–Trinajstić information content (AvgIpc) is 2.64. The molecular formula is C8H15N3O4S. The Kier molecular flexibility index (Phi) is 3.68. The summed E-state index contributed by atoms with van der Waals surface area (Å²) in [5, 5.41) is 21.7. The molecule has 3 N–H and O–H groups in total. The molecular weight excluding hydrogens is 234 g/mol. The summed E-state index contributed by atoms with van der Waals surface area (Å²) in [6, 6.07) is 1.33. The second-order valence-electron chi connectivity index (χ2n) is 3.78. The summed E-state index contributed by atoms with van der Waals surface area (Å²) in [5.41, 5.74) is -1.29. The first-order valence-corrected chi connectivity index (χ1v) is 6.07. The molecule has 0 saturated heterocycles. The molecule has 0 amide bonds. The molecule has 0 atom stereocenters. The van der Waals surface area contributed by atoms with E-state index in [1.807, 2.05) is 0 Å². The number of hydrogen-bond donors (Lipinski definition) is 3. The number of aromatic nitrogens is 2. The molecule has 0 radical (unpaired) electrons. The Bertz CT molecular complexity index is 450. The van der Waals surface area contributed by atoms with Crippen LogP contribution in [0.25, 0.3) is 0 Å². The van der Waals surface area contributed by atoms with Crippen molar-refractivity contribution < 1.29 is 18.6 Å². The van der Waals surface area contributed by atoms with Gasteiger partial charge >= 0.3 is 0 Å². The van der Waals surface area contributed by atoms with Crippen LogP contribution in [0.4, 0.5) is 0 Å². The first kappa shape index (κ1) is 13.1. The quantitative estimate of drug-likeness (QED) is 0.585. The zero-order valence-corrected chi connectivity index (χ0v) is 9.90. The van der Waals surface area contributed by atoms with E-state index < -0.39 is 28.8 Å². The molecule has 92 valence electrons. The van der Waals surface area contributed by atoms with Gasteiger partial charge in [0.15, 0.2) is 5.03 Å². The van der Waals surface area contributed by atoms with Crippen LogP contribution in [0.2, 0.25) is 0 Å². The molecule has 0 fully saturated rings. The summed E-state index contributed by atoms with van der Waals surface area (Å²) in [6.45, 7) is 0.405. The summed E-state index contributed by atoms with van der Waals surface area (Å²) in [5.74, 6) is 0. The van der Waals surface area contributed by atoms with Gasteiger partial charge in [-0.3, -0.25) is 4.68 Å². The molecule has 8 heteroatoms. The highest BCUT2D eigenvalue weighted by molar-refractivity contribution is 7.89. The first-order valence-electron chi connectivity index (χ1n) is 4.58. The van der Waals surface area contributed by atoms with E-state index >= 15 is 0 Å². The van der Waals surface area contributed by atoms with Crippen molar-refractivity contribution in [1.82, 2.24) is 14.5 Å². The number of rotatable bonds is 5. The molecule has 0 aliphatic heterocycles. The van der Waals surface area contributed by atoms with Gasteiger partial charge in [0.2, 0.25) is 0 Å². The Balaban J connectivity index is 3.02. The molecule has 1 rings (SSSR count). The molecule has 0 unspecified atom stereocenters. The van der Waals surface area contributed by atoms with Gasteiger partial charge in [-0.1, -0.05) is 0 Å². The maximum atomic E-state index is 11.9. The van der Waals surface area contributed by atoms with Crippen molar-refractivity contribution in [1.29, 1.82) is 0 Å². The Hall–Kier alpha value is -0.960. The Morgan fingerprint density at radius 1 is 1.50 bits per heavy atom. The fourth-order valence-corrected chi connectivity index (χ4v) is 2.63. The normalized spacial score (nSPS) is 13.0. The van der Waals surface area contributed by atoms with Gasteiger partial charge in [0, 0.05) is 7.05 Å². The van der Waals surface area contributed by atoms with Crippen LogP contribution in [0.5, 0.6) is 0 Å². The van der Waals surface area contributed by atoms with E-state index in [1.165, 1.54) is 30.9 Å². The molecule has 0 bridgehead atoms. The predicted octanol–water partition coefficient (Wildman–Crippen LogP) is -1.56. The number of sulfonamides is 1.